The van der Waals surface area contributed by atoms with Crippen molar-refractivity contribution in [2.45, 2.75) is 39.3 Å². The van der Waals surface area contributed by atoms with Gasteiger partial charge in [0.25, 0.3) is 0 Å². The minimum atomic E-state index is -1.12. The Hall–Kier alpha value is -3.23. The second-order valence-corrected chi connectivity index (χ2v) is 7.16. The zero-order chi connectivity index (χ0) is 21.1. The molecule has 0 bridgehead atoms. The van der Waals surface area contributed by atoms with Gasteiger partial charge >= 0.3 is 18.0 Å². The first-order chi connectivity index (χ1) is 13.0. The molecule has 2 rings (SSSR count). The number of rotatable bonds is 6. The van der Waals surface area contributed by atoms with Crippen LogP contribution in [0.4, 0.5) is 4.79 Å². The van der Waals surface area contributed by atoms with E-state index < -0.39 is 36.2 Å². The van der Waals surface area contributed by atoms with Crippen molar-refractivity contribution in [2.24, 2.45) is 0 Å². The number of benzene rings is 1. The first kappa shape index (κ1) is 21.1. The number of carboxylic acid groups (broad SMARTS) is 1. The highest BCUT2D eigenvalue weighted by Crippen LogP contribution is 2.35. The Labute approximate surface area is 162 Å². The summed E-state index contributed by atoms with van der Waals surface area (Å²) in [6, 6.07) is 3.48. The summed E-state index contributed by atoms with van der Waals surface area (Å²) in [5.74, 6) is -1.18. The van der Waals surface area contributed by atoms with Crippen molar-refractivity contribution >= 4 is 18.0 Å². The summed E-state index contributed by atoms with van der Waals surface area (Å²) in [5, 5.41) is 14.0. The minimum absolute atomic E-state index is 0.230. The van der Waals surface area contributed by atoms with Gasteiger partial charge in [0, 0.05) is 5.70 Å². The number of nitrogens with one attached hydrogen (secondary N) is 2. The van der Waals surface area contributed by atoms with E-state index in [-0.39, 0.29) is 17.1 Å². The maximum Gasteiger partial charge on any atom is 0.341 e. The van der Waals surface area contributed by atoms with Crippen LogP contribution >= 0.6 is 0 Å². The molecule has 1 aromatic carbocycles. The van der Waals surface area contributed by atoms with Gasteiger partial charge in [0.1, 0.15) is 5.60 Å². The highest BCUT2D eigenvalue weighted by atomic mass is 16.6. The van der Waals surface area contributed by atoms with Crippen molar-refractivity contribution in [3.8, 4) is 11.5 Å². The summed E-state index contributed by atoms with van der Waals surface area (Å²) in [6.45, 7) is 6.35. The molecule has 0 saturated heterocycles. The summed E-state index contributed by atoms with van der Waals surface area (Å²) < 4.78 is 15.9. The van der Waals surface area contributed by atoms with Crippen LogP contribution in [0.1, 0.15) is 39.3 Å². The van der Waals surface area contributed by atoms with Crippen molar-refractivity contribution in [3.63, 3.8) is 0 Å². The second kappa shape index (κ2) is 8.20. The second-order valence-electron chi connectivity index (χ2n) is 7.16. The molecule has 1 heterocycles. The molecule has 1 aromatic rings. The van der Waals surface area contributed by atoms with Gasteiger partial charge in [0.2, 0.25) is 0 Å². The predicted octanol–water partition coefficient (Wildman–Crippen LogP) is 2.13. The van der Waals surface area contributed by atoms with Crippen molar-refractivity contribution in [1.29, 1.82) is 0 Å². The summed E-state index contributed by atoms with van der Waals surface area (Å²) >= 11 is 0. The topological polar surface area (TPSA) is 123 Å². The number of methoxy groups -OCH3 is 1. The molecule has 3 N–H and O–H groups in total. The Morgan fingerprint density at radius 2 is 1.89 bits per heavy atom. The third-order valence-electron chi connectivity index (χ3n) is 3.76. The predicted molar refractivity (Wildman–Crippen MR) is 99.1 cm³/mol. The summed E-state index contributed by atoms with van der Waals surface area (Å²) in [6.07, 6.45) is 0. The number of urea groups is 1. The van der Waals surface area contributed by atoms with E-state index in [0.717, 1.165) is 0 Å². The van der Waals surface area contributed by atoms with Crippen LogP contribution in [0.25, 0.3) is 0 Å². The molecule has 9 nitrogen and oxygen atoms in total. The van der Waals surface area contributed by atoms with Crippen molar-refractivity contribution in [3.05, 3.63) is 35.0 Å². The highest BCUT2D eigenvalue weighted by Gasteiger charge is 2.34. The minimum Gasteiger partial charge on any atom is -0.493 e. The highest BCUT2D eigenvalue weighted by molar-refractivity contribution is 5.95. The number of esters is 1. The van der Waals surface area contributed by atoms with E-state index in [1.54, 1.807) is 39.8 Å². The molecule has 0 fully saturated rings. The summed E-state index contributed by atoms with van der Waals surface area (Å²) in [4.78, 5) is 35.4. The van der Waals surface area contributed by atoms with Crippen LogP contribution in [0.5, 0.6) is 11.5 Å². The fourth-order valence-corrected chi connectivity index (χ4v) is 2.67. The van der Waals surface area contributed by atoms with Gasteiger partial charge in [-0.15, -0.1) is 0 Å². The Balaban J connectivity index is 2.42. The van der Waals surface area contributed by atoms with Crippen LogP contribution in [-0.4, -0.2) is 42.4 Å². The monoisotopic (exact) mass is 392 g/mol. The van der Waals surface area contributed by atoms with Gasteiger partial charge in [0.15, 0.2) is 18.1 Å². The number of hydrogen-bond acceptors (Lipinski definition) is 6. The van der Waals surface area contributed by atoms with Gasteiger partial charge in [-0.1, -0.05) is 6.07 Å². The Kier molecular flexibility index (Phi) is 6.17. The standard InChI is InChI=1S/C19H24N2O7/c1-10-15(17(24)28-19(2,3)4)16(21-18(25)20-10)11-6-7-12(13(8-11)26-5)27-9-14(22)23/h6-8,16H,9H2,1-5H3,(H,22,23)(H2,20,21,25)/t16-/m1/s1. The van der Waals surface area contributed by atoms with Gasteiger partial charge in [-0.05, 0) is 45.4 Å². The van der Waals surface area contributed by atoms with E-state index in [2.05, 4.69) is 10.6 Å². The SMILES string of the molecule is COc1cc([C@H]2NC(=O)NC(C)=C2C(=O)OC(C)(C)C)ccc1OCC(=O)O. The maximum atomic E-state index is 12.7. The van der Waals surface area contributed by atoms with E-state index in [1.807, 2.05) is 0 Å². The molecular formula is C19H24N2O7. The quantitative estimate of drug-likeness (QED) is 0.634. The van der Waals surface area contributed by atoms with Gasteiger partial charge in [-0.3, -0.25) is 0 Å². The molecule has 1 aliphatic heterocycles. The number of carbonyl (C=O) groups excluding carboxylic acids is 2. The lowest BCUT2D eigenvalue weighted by Gasteiger charge is -2.30. The number of carbonyl (C=O) groups is 3. The van der Waals surface area contributed by atoms with Gasteiger partial charge in [-0.2, -0.15) is 0 Å². The Bertz CT molecular complexity index is 824. The number of aliphatic carboxylic acids is 1. The average Bonchev–Trinajstić information content (AvgIpc) is 2.57. The number of carboxylic acids is 1. The molecule has 1 aliphatic rings. The number of allylic oxidation sites excluding steroid dienone is 1. The summed E-state index contributed by atoms with van der Waals surface area (Å²) in [7, 11) is 1.41. The molecule has 28 heavy (non-hydrogen) atoms. The van der Waals surface area contributed by atoms with Crippen molar-refractivity contribution < 1.29 is 33.7 Å². The lowest BCUT2D eigenvalue weighted by atomic mass is 9.95. The molecule has 2 amide bonds. The molecule has 0 aliphatic carbocycles. The van der Waals surface area contributed by atoms with Crippen LogP contribution in [0, 0.1) is 0 Å². The molecule has 0 radical (unpaired) electrons. The number of ether oxygens (including phenoxy) is 3. The smallest absolute Gasteiger partial charge is 0.341 e. The molecular weight excluding hydrogens is 368 g/mol. The van der Waals surface area contributed by atoms with Gasteiger partial charge < -0.3 is 30.0 Å². The third-order valence-corrected chi connectivity index (χ3v) is 3.76. The number of hydrogen-bond donors (Lipinski definition) is 3. The lowest BCUT2D eigenvalue weighted by molar-refractivity contribution is -0.150. The van der Waals surface area contributed by atoms with E-state index in [4.69, 9.17) is 19.3 Å². The van der Waals surface area contributed by atoms with Crippen LogP contribution in [0.2, 0.25) is 0 Å². The van der Waals surface area contributed by atoms with Crippen LogP contribution in [-0.2, 0) is 14.3 Å². The first-order valence-corrected chi connectivity index (χ1v) is 8.56. The molecule has 152 valence electrons. The normalized spacial score (nSPS) is 16.8. The van der Waals surface area contributed by atoms with E-state index >= 15 is 0 Å². The van der Waals surface area contributed by atoms with E-state index in [1.165, 1.54) is 13.2 Å². The number of amides is 2. The molecule has 0 unspecified atom stereocenters. The van der Waals surface area contributed by atoms with Crippen LogP contribution in [0.15, 0.2) is 29.5 Å². The first-order valence-electron chi connectivity index (χ1n) is 8.56. The maximum absolute atomic E-state index is 12.7. The lowest BCUT2D eigenvalue weighted by Crippen LogP contribution is -2.46. The molecule has 1 atom stereocenters. The van der Waals surface area contributed by atoms with Gasteiger partial charge in [-0.25, -0.2) is 14.4 Å². The molecule has 0 saturated carbocycles. The molecule has 9 heteroatoms. The zero-order valence-corrected chi connectivity index (χ0v) is 16.4. The Morgan fingerprint density at radius 1 is 1.21 bits per heavy atom. The molecule has 0 aromatic heterocycles. The van der Waals surface area contributed by atoms with Crippen molar-refractivity contribution in [1.82, 2.24) is 10.6 Å². The van der Waals surface area contributed by atoms with Crippen LogP contribution < -0.4 is 20.1 Å². The Morgan fingerprint density at radius 3 is 2.46 bits per heavy atom. The fourth-order valence-electron chi connectivity index (χ4n) is 2.67. The van der Waals surface area contributed by atoms with Crippen LogP contribution in [0.3, 0.4) is 0 Å². The van der Waals surface area contributed by atoms with E-state index in [9.17, 15) is 14.4 Å². The molecule has 0 spiro atoms. The third kappa shape index (κ3) is 5.15. The zero-order valence-electron chi connectivity index (χ0n) is 16.4. The largest absolute Gasteiger partial charge is 0.493 e. The average molecular weight is 392 g/mol. The summed E-state index contributed by atoms with van der Waals surface area (Å²) in [5.41, 5.74) is 0.487. The van der Waals surface area contributed by atoms with E-state index in [0.29, 0.717) is 11.3 Å². The fraction of sp³-hybridized carbons (Fsp3) is 0.421. The van der Waals surface area contributed by atoms with Gasteiger partial charge in [0.05, 0.1) is 18.7 Å². The van der Waals surface area contributed by atoms with Crippen molar-refractivity contribution in [2.75, 3.05) is 13.7 Å².